The Morgan fingerprint density at radius 3 is 1.05 bits per heavy atom. The minimum Gasteiger partial charge on any atom is -0.0616 e. The van der Waals surface area contributed by atoms with Crippen LogP contribution in [0.3, 0.4) is 0 Å². The normalized spacial score (nSPS) is 11.7. The molecule has 0 bridgehead atoms. The summed E-state index contributed by atoms with van der Waals surface area (Å²) in [6.45, 7) is 2.18. The zero-order chi connectivity index (χ0) is 40.4. The van der Waals surface area contributed by atoms with Gasteiger partial charge in [-0.05, 0) is 145 Å². The lowest BCUT2D eigenvalue weighted by molar-refractivity contribution is 1.47. The van der Waals surface area contributed by atoms with Crippen molar-refractivity contribution in [3.63, 3.8) is 0 Å². The van der Waals surface area contributed by atoms with Gasteiger partial charge in [0.15, 0.2) is 0 Å². The van der Waals surface area contributed by atoms with E-state index in [1.54, 1.807) is 0 Å². The molecular weight excluding hydrogens is 733 g/mol. The molecule has 0 heteroatoms. The molecule has 0 atom stereocenters. The number of aryl methyl sites for hydroxylation is 1. The molecule has 0 N–H and O–H groups in total. The average Bonchev–Trinajstić information content (AvgIpc) is 3.32. The van der Waals surface area contributed by atoms with Crippen LogP contribution in [0.15, 0.2) is 224 Å². The molecule has 0 nitrogen and oxygen atoms in total. The Morgan fingerprint density at radius 1 is 0.197 bits per heavy atom. The molecule has 0 aliphatic heterocycles. The summed E-state index contributed by atoms with van der Waals surface area (Å²) in [5, 5.41) is 15.1. The van der Waals surface area contributed by atoms with Gasteiger partial charge in [0, 0.05) is 0 Å². The smallest absolute Gasteiger partial charge is 0.00259 e. The highest BCUT2D eigenvalue weighted by Crippen LogP contribution is 2.47. The molecule has 0 saturated heterocycles. The first kappa shape index (κ1) is 35.2. The van der Waals surface area contributed by atoms with Gasteiger partial charge in [-0.1, -0.05) is 212 Å². The largest absolute Gasteiger partial charge is 0.0616 e. The molecule has 12 rings (SSSR count). The van der Waals surface area contributed by atoms with E-state index in [1.165, 1.54) is 126 Å². The van der Waals surface area contributed by atoms with Crippen molar-refractivity contribution in [2.75, 3.05) is 0 Å². The van der Waals surface area contributed by atoms with E-state index >= 15 is 0 Å². The van der Waals surface area contributed by atoms with Gasteiger partial charge in [-0.3, -0.25) is 0 Å². The monoisotopic (exact) mass is 772 g/mol. The van der Waals surface area contributed by atoms with Gasteiger partial charge >= 0.3 is 0 Å². The van der Waals surface area contributed by atoms with Crippen molar-refractivity contribution in [2.24, 2.45) is 0 Å². The third-order valence-corrected chi connectivity index (χ3v) is 12.8. The van der Waals surface area contributed by atoms with Crippen molar-refractivity contribution in [1.82, 2.24) is 0 Å². The van der Waals surface area contributed by atoms with E-state index in [-0.39, 0.29) is 0 Å². The molecule has 0 aromatic heterocycles. The van der Waals surface area contributed by atoms with E-state index in [1.807, 2.05) is 0 Å². The van der Waals surface area contributed by atoms with Crippen molar-refractivity contribution in [2.45, 2.75) is 6.92 Å². The molecule has 284 valence electrons. The first-order chi connectivity index (χ1) is 30.2. The molecule has 12 aromatic rings. The van der Waals surface area contributed by atoms with Gasteiger partial charge in [0.1, 0.15) is 0 Å². The number of benzene rings is 12. The first-order valence-electron chi connectivity index (χ1n) is 21.2. The van der Waals surface area contributed by atoms with Crippen molar-refractivity contribution in [3.8, 4) is 55.6 Å². The molecule has 0 amide bonds. The zero-order valence-electron chi connectivity index (χ0n) is 33.9. The fourth-order valence-corrected chi connectivity index (χ4v) is 10.0. The van der Waals surface area contributed by atoms with Gasteiger partial charge in [0.25, 0.3) is 0 Å². The Bertz CT molecular complexity index is 3640. The number of rotatable bonds is 5. The van der Waals surface area contributed by atoms with E-state index in [2.05, 4.69) is 231 Å². The molecule has 0 aliphatic rings. The van der Waals surface area contributed by atoms with Crippen LogP contribution in [0.5, 0.6) is 0 Å². The summed E-state index contributed by atoms with van der Waals surface area (Å²) in [6.07, 6.45) is 0. The van der Waals surface area contributed by atoms with Gasteiger partial charge in [0.05, 0.1) is 0 Å². The minimum atomic E-state index is 1.19. The summed E-state index contributed by atoms with van der Waals surface area (Å²) in [5.74, 6) is 0. The Hall–Kier alpha value is -7.80. The van der Waals surface area contributed by atoms with Crippen molar-refractivity contribution in [3.05, 3.63) is 230 Å². The summed E-state index contributed by atoms with van der Waals surface area (Å²) in [5.41, 5.74) is 13.7. The van der Waals surface area contributed by atoms with Crippen LogP contribution in [0.25, 0.3) is 120 Å². The van der Waals surface area contributed by atoms with E-state index in [4.69, 9.17) is 0 Å². The Morgan fingerprint density at radius 2 is 0.557 bits per heavy atom. The molecule has 0 radical (unpaired) electrons. The third-order valence-electron chi connectivity index (χ3n) is 12.8. The minimum absolute atomic E-state index is 1.19. The van der Waals surface area contributed by atoms with E-state index in [0.717, 1.165) is 0 Å². The van der Waals surface area contributed by atoms with Gasteiger partial charge < -0.3 is 0 Å². The molecule has 61 heavy (non-hydrogen) atoms. The highest BCUT2D eigenvalue weighted by Gasteiger charge is 2.20. The average molecular weight is 773 g/mol. The predicted octanol–water partition coefficient (Wildman–Crippen LogP) is 17.2. The summed E-state index contributed by atoms with van der Waals surface area (Å²) in [6, 6.07) is 83.3. The molecule has 0 heterocycles. The lowest BCUT2D eigenvalue weighted by Crippen LogP contribution is -1.92. The second kappa shape index (κ2) is 14.2. The zero-order valence-corrected chi connectivity index (χ0v) is 33.9. The quantitative estimate of drug-likeness (QED) is 0.153. The lowest BCUT2D eigenvalue weighted by Gasteiger charge is -2.19. The van der Waals surface area contributed by atoms with E-state index in [9.17, 15) is 0 Å². The SMILES string of the molecule is Cc1cccc(-c2c3ccccc3c(-c3ccc(-c4ccc5c(-c6ccc7ccccc7c6)c6ccccc6c(-c6ccc7ccccc7c6)c5c4)cc3)c3ccccc23)c1. The van der Waals surface area contributed by atoms with Gasteiger partial charge in [-0.2, -0.15) is 0 Å². The summed E-state index contributed by atoms with van der Waals surface area (Å²) >= 11 is 0. The van der Waals surface area contributed by atoms with Crippen LogP contribution in [0, 0.1) is 6.92 Å². The van der Waals surface area contributed by atoms with Crippen LogP contribution in [-0.4, -0.2) is 0 Å². The topological polar surface area (TPSA) is 0 Å². The molecule has 0 fully saturated rings. The van der Waals surface area contributed by atoms with Crippen LogP contribution in [-0.2, 0) is 0 Å². The maximum absolute atomic E-state index is 2.44. The van der Waals surface area contributed by atoms with E-state index < -0.39 is 0 Å². The second-order valence-corrected chi connectivity index (χ2v) is 16.5. The highest BCUT2D eigenvalue weighted by atomic mass is 14.2. The lowest BCUT2D eigenvalue weighted by atomic mass is 9.84. The number of hydrogen-bond donors (Lipinski definition) is 0. The van der Waals surface area contributed by atoms with Crippen LogP contribution in [0.4, 0.5) is 0 Å². The standard InChI is InChI=1S/C61H40/c1-39-13-12-18-47(35-39)59-52-21-8-6-19-50(52)58(51-20-7-9-22-53(51)59)43-29-25-42(26-30-43)46-33-34-56-57(38-46)61(49-32-28-41-15-3-5-17-45(41)37-49)55-24-11-10-23-54(55)60(56)48-31-27-40-14-2-4-16-44(40)36-48/h2-38H,1H3. The fourth-order valence-electron chi connectivity index (χ4n) is 10.0. The molecule has 0 saturated carbocycles. The Balaban J connectivity index is 1.07. The number of hydrogen-bond acceptors (Lipinski definition) is 0. The van der Waals surface area contributed by atoms with Gasteiger partial charge in [0.2, 0.25) is 0 Å². The summed E-state index contributed by atoms with van der Waals surface area (Å²) in [4.78, 5) is 0. The Kier molecular flexibility index (Phi) is 8.18. The molecule has 12 aromatic carbocycles. The number of fused-ring (bicyclic) bond motifs is 6. The van der Waals surface area contributed by atoms with Crippen LogP contribution in [0.2, 0.25) is 0 Å². The summed E-state index contributed by atoms with van der Waals surface area (Å²) < 4.78 is 0. The fraction of sp³-hybridized carbons (Fsp3) is 0.0164. The predicted molar refractivity (Wildman–Crippen MR) is 263 cm³/mol. The van der Waals surface area contributed by atoms with Crippen LogP contribution >= 0.6 is 0 Å². The third kappa shape index (κ3) is 5.83. The van der Waals surface area contributed by atoms with E-state index in [0.29, 0.717) is 0 Å². The highest BCUT2D eigenvalue weighted by molar-refractivity contribution is 6.23. The Labute approximate surface area is 355 Å². The molecular formula is C61H40. The molecule has 0 aliphatic carbocycles. The molecule has 0 unspecified atom stereocenters. The second-order valence-electron chi connectivity index (χ2n) is 16.5. The van der Waals surface area contributed by atoms with Crippen molar-refractivity contribution in [1.29, 1.82) is 0 Å². The van der Waals surface area contributed by atoms with Crippen LogP contribution < -0.4 is 0 Å². The summed E-state index contributed by atoms with van der Waals surface area (Å²) in [7, 11) is 0. The first-order valence-corrected chi connectivity index (χ1v) is 21.2. The van der Waals surface area contributed by atoms with Crippen molar-refractivity contribution >= 4 is 64.6 Å². The van der Waals surface area contributed by atoms with Gasteiger partial charge in [-0.15, -0.1) is 0 Å². The maximum atomic E-state index is 2.44. The molecule has 0 spiro atoms. The van der Waals surface area contributed by atoms with Gasteiger partial charge in [-0.25, -0.2) is 0 Å². The van der Waals surface area contributed by atoms with Crippen molar-refractivity contribution < 1.29 is 0 Å². The maximum Gasteiger partial charge on any atom is -0.00259 e. The van der Waals surface area contributed by atoms with Crippen LogP contribution in [0.1, 0.15) is 5.56 Å².